The Morgan fingerprint density at radius 2 is 1.97 bits per heavy atom. The average Bonchev–Trinajstić information content (AvgIpc) is 3.52. The molecule has 174 valence electrons. The Morgan fingerprint density at radius 1 is 1.23 bits per heavy atom. The largest absolute Gasteiger partial charge is 0.379 e. The van der Waals surface area contributed by atoms with Crippen molar-refractivity contribution in [3.05, 3.63) is 12.2 Å². The lowest BCUT2D eigenvalue weighted by Crippen LogP contribution is -2.43. The first-order valence-corrected chi connectivity index (χ1v) is 11.4. The number of aliphatic imine (C=N–C) groups is 1. The molecule has 9 heteroatoms. The van der Waals surface area contributed by atoms with Crippen molar-refractivity contribution in [1.82, 2.24) is 15.5 Å². The number of guanidine groups is 1. The number of carbonyl (C=O) groups is 2. The molecular formula is C22H35IN4O4. The van der Waals surface area contributed by atoms with E-state index in [2.05, 4.69) is 27.8 Å². The highest BCUT2D eigenvalue weighted by molar-refractivity contribution is 14.0. The Hall–Kier alpha value is -1.20. The van der Waals surface area contributed by atoms with Crippen LogP contribution in [0.1, 0.15) is 32.6 Å². The fraction of sp³-hybridized carbons (Fsp3) is 0.773. The fourth-order valence-electron chi connectivity index (χ4n) is 5.16. The van der Waals surface area contributed by atoms with E-state index in [1.165, 1.54) is 4.90 Å². The minimum Gasteiger partial charge on any atom is -0.379 e. The van der Waals surface area contributed by atoms with Crippen LogP contribution >= 0.6 is 24.0 Å². The summed E-state index contributed by atoms with van der Waals surface area (Å²) in [7, 11) is 0. The van der Waals surface area contributed by atoms with Gasteiger partial charge in [0.1, 0.15) is 0 Å². The molecule has 2 aliphatic heterocycles. The van der Waals surface area contributed by atoms with Crippen molar-refractivity contribution >= 4 is 41.8 Å². The lowest BCUT2D eigenvalue weighted by molar-refractivity contribution is -0.140. The molecule has 2 heterocycles. The maximum absolute atomic E-state index is 12.7. The Balaban J connectivity index is 0.00000272. The summed E-state index contributed by atoms with van der Waals surface area (Å²) >= 11 is 0. The highest BCUT2D eigenvalue weighted by Crippen LogP contribution is 2.52. The van der Waals surface area contributed by atoms with E-state index in [0.29, 0.717) is 38.8 Å². The van der Waals surface area contributed by atoms with Crippen LogP contribution in [0.15, 0.2) is 17.1 Å². The Morgan fingerprint density at radius 3 is 2.61 bits per heavy atom. The molecule has 1 saturated carbocycles. The summed E-state index contributed by atoms with van der Waals surface area (Å²) in [6.07, 6.45) is 8.53. The summed E-state index contributed by atoms with van der Waals surface area (Å²) in [5.74, 6) is 1.00. The van der Waals surface area contributed by atoms with Crippen LogP contribution < -0.4 is 10.6 Å². The van der Waals surface area contributed by atoms with Gasteiger partial charge in [-0.15, -0.1) is 24.0 Å². The van der Waals surface area contributed by atoms with Crippen LogP contribution in [0.5, 0.6) is 0 Å². The van der Waals surface area contributed by atoms with Gasteiger partial charge in [0.2, 0.25) is 11.8 Å². The van der Waals surface area contributed by atoms with Gasteiger partial charge >= 0.3 is 0 Å². The summed E-state index contributed by atoms with van der Waals surface area (Å²) < 4.78 is 11.2. The van der Waals surface area contributed by atoms with Gasteiger partial charge in [0.25, 0.3) is 0 Å². The molecule has 0 aromatic carbocycles. The zero-order valence-corrected chi connectivity index (χ0v) is 20.6. The van der Waals surface area contributed by atoms with E-state index in [0.717, 1.165) is 38.8 Å². The first kappa shape index (κ1) is 24.4. The van der Waals surface area contributed by atoms with Crippen molar-refractivity contribution in [3.63, 3.8) is 0 Å². The second-order valence-electron chi connectivity index (χ2n) is 8.58. The van der Waals surface area contributed by atoms with Gasteiger partial charge in [0.05, 0.1) is 24.5 Å². The van der Waals surface area contributed by atoms with Crippen molar-refractivity contribution in [2.45, 2.75) is 38.7 Å². The number of rotatable bonds is 10. The predicted octanol–water partition coefficient (Wildman–Crippen LogP) is 1.55. The topological polar surface area (TPSA) is 92.3 Å². The number of likely N-dealkylation sites (tertiary alicyclic amines) is 1. The van der Waals surface area contributed by atoms with E-state index >= 15 is 0 Å². The maximum Gasteiger partial charge on any atom is 0.233 e. The standard InChI is InChI=1S/C22H34N4O4.HI/c1-2-23-22(24-8-4-11-29-14-17-5-3-12-30-17)25-9-10-26-20(27)18-15-6-7-16(13-15)19(18)21(26)28;/h6-7,15-19H,2-5,8-14H2,1H3,(H2,23,24,25);1H. The second kappa shape index (κ2) is 11.6. The van der Waals surface area contributed by atoms with Crippen molar-refractivity contribution in [1.29, 1.82) is 0 Å². The highest BCUT2D eigenvalue weighted by atomic mass is 127. The second-order valence-corrected chi connectivity index (χ2v) is 8.58. The molecule has 2 aliphatic carbocycles. The molecule has 2 amide bonds. The van der Waals surface area contributed by atoms with Gasteiger partial charge in [-0.1, -0.05) is 12.2 Å². The molecule has 5 atom stereocenters. The molecule has 2 saturated heterocycles. The number of carbonyl (C=O) groups excluding carboxylic acids is 2. The van der Waals surface area contributed by atoms with Crippen molar-refractivity contribution in [2.75, 3.05) is 46.0 Å². The van der Waals surface area contributed by atoms with E-state index < -0.39 is 0 Å². The molecule has 0 spiro atoms. The van der Waals surface area contributed by atoms with Crippen LogP contribution in [0.2, 0.25) is 0 Å². The first-order chi connectivity index (χ1) is 14.7. The monoisotopic (exact) mass is 546 g/mol. The molecule has 0 aromatic heterocycles. The zero-order chi connectivity index (χ0) is 20.9. The van der Waals surface area contributed by atoms with Crippen molar-refractivity contribution < 1.29 is 19.1 Å². The van der Waals surface area contributed by atoms with E-state index in [1.54, 1.807) is 0 Å². The third-order valence-electron chi connectivity index (χ3n) is 6.58. The molecule has 2 bridgehead atoms. The number of imide groups is 1. The molecule has 3 fully saturated rings. The third kappa shape index (κ3) is 5.60. The number of nitrogens with one attached hydrogen (secondary N) is 2. The van der Waals surface area contributed by atoms with Gasteiger partial charge in [-0.3, -0.25) is 19.5 Å². The van der Waals surface area contributed by atoms with Crippen molar-refractivity contribution in [2.24, 2.45) is 28.7 Å². The molecule has 5 unspecified atom stereocenters. The Kier molecular flexibility index (Phi) is 9.15. The third-order valence-corrected chi connectivity index (χ3v) is 6.58. The number of allylic oxidation sites excluding steroid dienone is 2. The lowest BCUT2D eigenvalue weighted by Gasteiger charge is -2.18. The van der Waals surface area contributed by atoms with Crippen LogP contribution in [0.4, 0.5) is 0 Å². The van der Waals surface area contributed by atoms with E-state index in [-0.39, 0.29) is 65.6 Å². The molecular weight excluding hydrogens is 511 g/mol. The minimum absolute atomic E-state index is 0. The highest BCUT2D eigenvalue weighted by Gasteiger charge is 2.58. The molecule has 4 aliphatic rings. The molecule has 8 nitrogen and oxygen atoms in total. The summed E-state index contributed by atoms with van der Waals surface area (Å²) in [6, 6.07) is 0. The predicted molar refractivity (Wildman–Crippen MR) is 128 cm³/mol. The smallest absolute Gasteiger partial charge is 0.233 e. The van der Waals surface area contributed by atoms with Gasteiger partial charge in [-0.05, 0) is 44.4 Å². The average molecular weight is 546 g/mol. The minimum atomic E-state index is -0.121. The van der Waals surface area contributed by atoms with Gasteiger partial charge in [0, 0.05) is 39.4 Å². The van der Waals surface area contributed by atoms with Crippen LogP contribution in [-0.2, 0) is 19.1 Å². The molecule has 0 aromatic rings. The lowest BCUT2D eigenvalue weighted by atomic mass is 9.85. The van der Waals surface area contributed by atoms with Crippen LogP contribution in [0.3, 0.4) is 0 Å². The van der Waals surface area contributed by atoms with E-state index in [9.17, 15) is 9.59 Å². The molecule has 0 radical (unpaired) electrons. The number of halogens is 1. The van der Waals surface area contributed by atoms with E-state index in [1.807, 2.05) is 6.92 Å². The molecule has 4 rings (SSSR count). The maximum atomic E-state index is 12.7. The van der Waals surface area contributed by atoms with Crippen LogP contribution in [0.25, 0.3) is 0 Å². The summed E-state index contributed by atoms with van der Waals surface area (Å²) in [6.45, 7) is 6.49. The van der Waals surface area contributed by atoms with Gasteiger partial charge in [0.15, 0.2) is 5.96 Å². The van der Waals surface area contributed by atoms with Crippen LogP contribution in [-0.4, -0.2) is 74.8 Å². The molecule has 31 heavy (non-hydrogen) atoms. The number of nitrogens with zero attached hydrogens (tertiary/aromatic N) is 2. The number of fused-ring (bicyclic) bond motifs is 5. The normalized spacial score (nSPS) is 31.3. The zero-order valence-electron chi connectivity index (χ0n) is 18.3. The van der Waals surface area contributed by atoms with Crippen molar-refractivity contribution in [3.8, 4) is 0 Å². The number of hydrogen-bond acceptors (Lipinski definition) is 5. The summed E-state index contributed by atoms with van der Waals surface area (Å²) in [5, 5.41) is 6.45. The van der Waals surface area contributed by atoms with Gasteiger partial charge in [-0.25, -0.2) is 0 Å². The van der Waals surface area contributed by atoms with Crippen LogP contribution in [0, 0.1) is 23.7 Å². The molecule has 2 N–H and O–H groups in total. The Labute approximate surface area is 201 Å². The van der Waals surface area contributed by atoms with Gasteiger partial charge in [-0.2, -0.15) is 0 Å². The quantitative estimate of drug-likeness (QED) is 0.108. The fourth-order valence-corrected chi connectivity index (χ4v) is 5.16. The number of hydrogen-bond donors (Lipinski definition) is 2. The van der Waals surface area contributed by atoms with E-state index in [4.69, 9.17) is 9.47 Å². The van der Waals surface area contributed by atoms with Gasteiger partial charge < -0.3 is 20.1 Å². The number of ether oxygens (including phenoxy) is 2. The Bertz CT molecular complexity index is 665. The summed E-state index contributed by atoms with van der Waals surface area (Å²) in [4.78, 5) is 31.5. The first-order valence-electron chi connectivity index (χ1n) is 11.4. The summed E-state index contributed by atoms with van der Waals surface area (Å²) in [5.41, 5.74) is 0. The SMILES string of the molecule is CCNC(=NCCCOCC1CCCO1)NCCN1C(=O)C2C3C=CC(C3)C2C1=O.I. The number of amides is 2.